The standard InChI is InChI=1S/C17H14BrN3O3/c1-10-9-13(23-2)7-8-14(10)15-16(21-24-20-15)19-17(22)11-3-5-12(18)6-4-11/h3-9H,1-2H3,(H,19,21,22). The van der Waals surface area contributed by atoms with Crippen LogP contribution in [-0.2, 0) is 0 Å². The molecule has 0 saturated heterocycles. The molecule has 0 saturated carbocycles. The zero-order chi connectivity index (χ0) is 17.1. The SMILES string of the molecule is COc1ccc(-c2nonc2NC(=O)c2ccc(Br)cc2)c(C)c1. The van der Waals surface area contributed by atoms with Crippen molar-refractivity contribution in [2.45, 2.75) is 6.92 Å². The van der Waals surface area contributed by atoms with Gasteiger partial charge in [0.05, 0.1) is 7.11 Å². The summed E-state index contributed by atoms with van der Waals surface area (Å²) in [6, 6.07) is 12.6. The number of nitrogens with zero attached hydrogens (tertiary/aromatic N) is 2. The number of carbonyl (C=O) groups is 1. The van der Waals surface area contributed by atoms with Gasteiger partial charge in [-0.2, -0.15) is 0 Å². The molecule has 0 bridgehead atoms. The second-order valence-corrected chi connectivity index (χ2v) is 6.02. The van der Waals surface area contributed by atoms with Crippen LogP contribution in [0.25, 0.3) is 11.3 Å². The Bertz CT molecular complexity index is 875. The number of ether oxygens (including phenoxy) is 1. The van der Waals surface area contributed by atoms with Crippen LogP contribution in [0.5, 0.6) is 5.75 Å². The number of aryl methyl sites for hydroxylation is 1. The van der Waals surface area contributed by atoms with Crippen molar-refractivity contribution in [3.05, 3.63) is 58.1 Å². The predicted molar refractivity (Wildman–Crippen MR) is 93.1 cm³/mol. The highest BCUT2D eigenvalue weighted by atomic mass is 79.9. The normalized spacial score (nSPS) is 10.5. The van der Waals surface area contributed by atoms with Gasteiger partial charge in [-0.25, -0.2) is 4.63 Å². The molecular weight excluding hydrogens is 374 g/mol. The van der Waals surface area contributed by atoms with Crippen LogP contribution < -0.4 is 10.1 Å². The monoisotopic (exact) mass is 387 g/mol. The summed E-state index contributed by atoms with van der Waals surface area (Å²) < 4.78 is 10.9. The van der Waals surface area contributed by atoms with E-state index in [9.17, 15) is 4.79 Å². The molecular formula is C17H14BrN3O3. The number of nitrogens with one attached hydrogen (secondary N) is 1. The summed E-state index contributed by atoms with van der Waals surface area (Å²) in [7, 11) is 1.61. The van der Waals surface area contributed by atoms with Gasteiger partial charge in [-0.05, 0) is 65.3 Å². The largest absolute Gasteiger partial charge is 0.497 e. The molecule has 0 aliphatic rings. The first-order valence-electron chi connectivity index (χ1n) is 7.13. The quantitative estimate of drug-likeness (QED) is 0.729. The molecule has 1 N–H and O–H groups in total. The summed E-state index contributed by atoms with van der Waals surface area (Å²) in [5, 5.41) is 10.4. The molecule has 0 radical (unpaired) electrons. The number of methoxy groups -OCH3 is 1. The molecule has 0 aliphatic heterocycles. The van der Waals surface area contributed by atoms with Crippen LogP contribution in [0.2, 0.25) is 0 Å². The van der Waals surface area contributed by atoms with Crippen molar-refractivity contribution < 1.29 is 14.2 Å². The van der Waals surface area contributed by atoms with E-state index in [1.807, 2.05) is 25.1 Å². The fraction of sp³-hybridized carbons (Fsp3) is 0.118. The third kappa shape index (κ3) is 3.30. The Balaban J connectivity index is 1.88. The Morgan fingerprint density at radius 3 is 2.58 bits per heavy atom. The number of anilines is 1. The zero-order valence-electron chi connectivity index (χ0n) is 13.0. The van der Waals surface area contributed by atoms with E-state index in [2.05, 4.69) is 31.6 Å². The first-order valence-corrected chi connectivity index (χ1v) is 7.92. The minimum atomic E-state index is -0.286. The number of aromatic nitrogens is 2. The van der Waals surface area contributed by atoms with Gasteiger partial charge in [0.15, 0.2) is 5.69 Å². The van der Waals surface area contributed by atoms with Crippen LogP contribution in [-0.4, -0.2) is 23.3 Å². The number of hydrogen-bond acceptors (Lipinski definition) is 5. The topological polar surface area (TPSA) is 77.2 Å². The molecule has 1 heterocycles. The maximum atomic E-state index is 12.3. The van der Waals surface area contributed by atoms with Crippen molar-refractivity contribution >= 4 is 27.7 Å². The van der Waals surface area contributed by atoms with Gasteiger partial charge in [-0.3, -0.25) is 4.79 Å². The molecule has 0 unspecified atom stereocenters. The molecule has 7 heteroatoms. The molecule has 1 amide bonds. The number of halogens is 1. The first-order chi connectivity index (χ1) is 11.6. The summed E-state index contributed by atoms with van der Waals surface area (Å²) >= 11 is 3.34. The average Bonchev–Trinajstić information content (AvgIpc) is 3.03. The van der Waals surface area contributed by atoms with Crippen LogP contribution in [0, 0.1) is 6.92 Å². The van der Waals surface area contributed by atoms with Gasteiger partial charge in [-0.15, -0.1) is 0 Å². The number of hydrogen-bond donors (Lipinski definition) is 1. The third-order valence-corrected chi connectivity index (χ3v) is 4.04. The molecule has 0 fully saturated rings. The Kier molecular flexibility index (Phi) is 4.61. The summed E-state index contributed by atoms with van der Waals surface area (Å²) in [5.41, 5.74) is 2.73. The smallest absolute Gasteiger partial charge is 0.256 e. The van der Waals surface area contributed by atoms with Crippen LogP contribution in [0.3, 0.4) is 0 Å². The maximum absolute atomic E-state index is 12.3. The number of amides is 1. The number of carbonyl (C=O) groups excluding carboxylic acids is 1. The first kappa shape index (κ1) is 16.2. The van der Waals surface area contributed by atoms with Crippen LogP contribution in [0.1, 0.15) is 15.9 Å². The van der Waals surface area contributed by atoms with E-state index in [1.54, 1.807) is 31.4 Å². The lowest BCUT2D eigenvalue weighted by Crippen LogP contribution is -2.12. The van der Waals surface area contributed by atoms with E-state index >= 15 is 0 Å². The lowest BCUT2D eigenvalue weighted by atomic mass is 10.1. The second kappa shape index (κ2) is 6.84. The Hall–Kier alpha value is -2.67. The molecule has 24 heavy (non-hydrogen) atoms. The molecule has 2 aromatic carbocycles. The summed E-state index contributed by atoms with van der Waals surface area (Å²) in [6.07, 6.45) is 0. The van der Waals surface area contributed by atoms with Gasteiger partial charge in [0.2, 0.25) is 5.82 Å². The maximum Gasteiger partial charge on any atom is 0.256 e. The molecule has 0 spiro atoms. The van der Waals surface area contributed by atoms with Crippen molar-refractivity contribution in [3.8, 4) is 17.0 Å². The summed E-state index contributed by atoms with van der Waals surface area (Å²) in [5.74, 6) is 0.731. The highest BCUT2D eigenvalue weighted by Gasteiger charge is 2.17. The molecule has 1 aromatic heterocycles. The van der Waals surface area contributed by atoms with Gasteiger partial charge in [0.1, 0.15) is 5.75 Å². The Morgan fingerprint density at radius 2 is 1.92 bits per heavy atom. The van der Waals surface area contributed by atoms with Gasteiger partial charge in [0.25, 0.3) is 5.91 Å². The van der Waals surface area contributed by atoms with E-state index in [1.165, 1.54) is 0 Å². The van der Waals surface area contributed by atoms with Crippen molar-refractivity contribution in [1.82, 2.24) is 10.3 Å². The lowest BCUT2D eigenvalue weighted by molar-refractivity contribution is 0.102. The number of rotatable bonds is 4. The van der Waals surface area contributed by atoms with Crippen molar-refractivity contribution in [2.75, 3.05) is 12.4 Å². The highest BCUT2D eigenvalue weighted by Crippen LogP contribution is 2.30. The van der Waals surface area contributed by atoms with E-state index < -0.39 is 0 Å². The average molecular weight is 388 g/mol. The van der Waals surface area contributed by atoms with Crippen LogP contribution in [0.4, 0.5) is 5.82 Å². The zero-order valence-corrected chi connectivity index (χ0v) is 14.6. The molecule has 3 rings (SSSR count). The molecule has 3 aromatic rings. The van der Waals surface area contributed by atoms with Gasteiger partial charge >= 0.3 is 0 Å². The minimum Gasteiger partial charge on any atom is -0.497 e. The summed E-state index contributed by atoms with van der Waals surface area (Å²) in [6.45, 7) is 1.92. The fourth-order valence-electron chi connectivity index (χ4n) is 2.26. The second-order valence-electron chi connectivity index (χ2n) is 5.10. The summed E-state index contributed by atoms with van der Waals surface area (Å²) in [4.78, 5) is 12.3. The highest BCUT2D eigenvalue weighted by molar-refractivity contribution is 9.10. The Labute approximate surface area is 146 Å². The number of benzene rings is 2. The van der Waals surface area contributed by atoms with E-state index in [4.69, 9.17) is 9.37 Å². The van der Waals surface area contributed by atoms with Crippen molar-refractivity contribution in [2.24, 2.45) is 0 Å². The van der Waals surface area contributed by atoms with Gasteiger partial charge in [-0.1, -0.05) is 15.9 Å². The van der Waals surface area contributed by atoms with Gasteiger partial charge in [0, 0.05) is 15.6 Å². The third-order valence-electron chi connectivity index (χ3n) is 3.52. The molecule has 6 nitrogen and oxygen atoms in total. The van der Waals surface area contributed by atoms with Gasteiger partial charge < -0.3 is 10.1 Å². The Morgan fingerprint density at radius 1 is 1.17 bits per heavy atom. The van der Waals surface area contributed by atoms with Crippen LogP contribution >= 0.6 is 15.9 Å². The van der Waals surface area contributed by atoms with Crippen LogP contribution in [0.15, 0.2) is 51.6 Å². The van der Waals surface area contributed by atoms with E-state index in [-0.39, 0.29) is 11.7 Å². The van der Waals surface area contributed by atoms with Crippen molar-refractivity contribution in [3.63, 3.8) is 0 Å². The minimum absolute atomic E-state index is 0.274. The molecule has 122 valence electrons. The van der Waals surface area contributed by atoms with E-state index in [0.717, 1.165) is 21.3 Å². The fourth-order valence-corrected chi connectivity index (χ4v) is 2.52. The lowest BCUT2D eigenvalue weighted by Gasteiger charge is -2.07. The molecule has 0 atom stereocenters. The van der Waals surface area contributed by atoms with Crippen molar-refractivity contribution in [1.29, 1.82) is 0 Å². The molecule has 0 aliphatic carbocycles. The van der Waals surface area contributed by atoms with E-state index in [0.29, 0.717) is 11.3 Å². The predicted octanol–water partition coefficient (Wildman–Crippen LogP) is 4.07.